The molecule has 0 bridgehead atoms. The predicted molar refractivity (Wildman–Crippen MR) is 156 cm³/mol. The fourth-order valence-electron chi connectivity index (χ4n) is 4.31. The number of amides is 2. The largest absolute Gasteiger partial charge is 0.454 e. The van der Waals surface area contributed by atoms with Crippen LogP contribution in [0.2, 0.25) is 10.0 Å². The van der Waals surface area contributed by atoms with Crippen molar-refractivity contribution in [2.75, 3.05) is 18.1 Å². The molecule has 0 fully saturated rings. The minimum atomic E-state index is -0.863. The lowest BCUT2D eigenvalue weighted by Gasteiger charge is -2.14. The summed E-state index contributed by atoms with van der Waals surface area (Å²) in [7, 11) is 0. The second-order valence-corrected chi connectivity index (χ2v) is 10.0. The average Bonchev–Trinajstić information content (AvgIpc) is 3.27. The number of carbonyl (C=O) groups excluding carboxylic acids is 6. The van der Waals surface area contributed by atoms with Gasteiger partial charge in [0, 0.05) is 11.1 Å². The Morgan fingerprint density at radius 2 is 1.05 bits per heavy atom. The van der Waals surface area contributed by atoms with Crippen molar-refractivity contribution in [3.8, 4) is 0 Å². The van der Waals surface area contributed by atoms with E-state index in [1.54, 1.807) is 30.3 Å². The smallest absolute Gasteiger partial charge is 0.338 e. The van der Waals surface area contributed by atoms with E-state index in [1.165, 1.54) is 60.7 Å². The van der Waals surface area contributed by atoms with Crippen LogP contribution in [0, 0.1) is 0 Å². The Hall–Kier alpha value is -5.12. The van der Waals surface area contributed by atoms with E-state index < -0.39 is 48.5 Å². The normalized spacial score (nSPS) is 12.1. The number of hydrogen-bond donors (Lipinski definition) is 0. The Bertz CT molecular complexity index is 1820. The Morgan fingerprint density at radius 3 is 1.58 bits per heavy atom. The zero-order valence-electron chi connectivity index (χ0n) is 22.0. The second-order valence-electron chi connectivity index (χ2n) is 9.21. The summed E-state index contributed by atoms with van der Waals surface area (Å²) in [6.45, 7) is -1.09. The Kier molecular flexibility index (Phi) is 8.47. The highest BCUT2D eigenvalue weighted by Gasteiger charge is 2.37. The molecule has 0 aromatic heterocycles. The lowest BCUT2D eigenvalue weighted by atomic mass is 10.1. The maximum absolute atomic E-state index is 13.2. The van der Waals surface area contributed by atoms with Gasteiger partial charge in [0.05, 0.1) is 38.0 Å². The number of rotatable bonds is 9. The number of imide groups is 1. The summed E-state index contributed by atoms with van der Waals surface area (Å²) in [4.78, 5) is 76.9. The molecule has 9 nitrogen and oxygen atoms in total. The van der Waals surface area contributed by atoms with Gasteiger partial charge in [-0.25, -0.2) is 14.5 Å². The number of ketones is 2. The molecule has 43 heavy (non-hydrogen) atoms. The van der Waals surface area contributed by atoms with Crippen LogP contribution in [0.15, 0.2) is 91.0 Å². The molecule has 0 spiro atoms. The van der Waals surface area contributed by atoms with E-state index in [1.807, 2.05) is 0 Å². The highest BCUT2D eigenvalue weighted by Crippen LogP contribution is 2.30. The molecule has 1 aliphatic rings. The fourth-order valence-corrected chi connectivity index (χ4v) is 4.79. The monoisotopic (exact) mass is 615 g/mol. The van der Waals surface area contributed by atoms with Gasteiger partial charge in [0.25, 0.3) is 11.8 Å². The van der Waals surface area contributed by atoms with Crippen LogP contribution in [0.5, 0.6) is 0 Å². The number of esters is 2. The van der Waals surface area contributed by atoms with Crippen LogP contribution in [-0.2, 0) is 9.47 Å². The van der Waals surface area contributed by atoms with E-state index in [9.17, 15) is 28.8 Å². The van der Waals surface area contributed by atoms with Crippen molar-refractivity contribution in [1.82, 2.24) is 0 Å². The highest BCUT2D eigenvalue weighted by atomic mass is 35.5. The second kappa shape index (κ2) is 12.4. The first-order chi connectivity index (χ1) is 20.7. The van der Waals surface area contributed by atoms with Gasteiger partial charge in [-0.15, -0.1) is 0 Å². The van der Waals surface area contributed by atoms with Crippen LogP contribution in [0.3, 0.4) is 0 Å². The van der Waals surface area contributed by atoms with Crippen molar-refractivity contribution in [2.24, 2.45) is 0 Å². The molecular formula is C32H19Cl2NO8. The summed E-state index contributed by atoms with van der Waals surface area (Å²) in [6.07, 6.45) is 0. The van der Waals surface area contributed by atoms with Gasteiger partial charge in [-0.3, -0.25) is 19.2 Å². The zero-order valence-corrected chi connectivity index (χ0v) is 23.6. The Morgan fingerprint density at radius 1 is 0.581 bits per heavy atom. The van der Waals surface area contributed by atoms with Crippen LogP contribution >= 0.6 is 23.2 Å². The van der Waals surface area contributed by atoms with E-state index in [0.29, 0.717) is 0 Å². The van der Waals surface area contributed by atoms with Gasteiger partial charge in [-0.1, -0.05) is 47.5 Å². The summed E-state index contributed by atoms with van der Waals surface area (Å²) in [6, 6.07) is 22.0. The first-order valence-electron chi connectivity index (χ1n) is 12.7. The molecule has 0 unspecified atom stereocenters. The van der Waals surface area contributed by atoms with Crippen LogP contribution in [0.4, 0.5) is 5.69 Å². The number of halogens is 2. The van der Waals surface area contributed by atoms with Gasteiger partial charge in [-0.2, -0.15) is 0 Å². The number of fused-ring (bicyclic) bond motifs is 1. The fraction of sp³-hybridized carbons (Fsp3) is 0.0625. The van der Waals surface area contributed by atoms with Gasteiger partial charge in [0.2, 0.25) is 11.6 Å². The number of Topliss-reactive ketones (excluding diaryl/α,β-unsaturated/α-hetero) is 2. The summed E-state index contributed by atoms with van der Waals surface area (Å²) in [5, 5.41) is 0.458. The molecule has 2 amide bonds. The Balaban J connectivity index is 1.23. The SMILES string of the molecule is O=C(OCC(=O)c1ccccc1Cl)c1ccc(N2C(=O)c3ccc(C(=O)OCC(=O)c4ccccc4Cl)cc3C2=O)cc1. The van der Waals surface area contributed by atoms with Gasteiger partial charge < -0.3 is 9.47 Å². The van der Waals surface area contributed by atoms with E-state index in [-0.39, 0.29) is 49.1 Å². The van der Waals surface area contributed by atoms with Crippen molar-refractivity contribution in [3.63, 3.8) is 0 Å². The molecule has 1 heterocycles. The molecular weight excluding hydrogens is 597 g/mol. The van der Waals surface area contributed by atoms with Crippen molar-refractivity contribution < 1.29 is 38.2 Å². The molecule has 11 heteroatoms. The molecule has 0 N–H and O–H groups in total. The van der Waals surface area contributed by atoms with Crippen LogP contribution in [0.25, 0.3) is 0 Å². The molecule has 0 saturated carbocycles. The van der Waals surface area contributed by atoms with Crippen molar-refractivity contribution in [3.05, 3.63) is 134 Å². The van der Waals surface area contributed by atoms with Gasteiger partial charge in [-0.05, 0) is 66.7 Å². The summed E-state index contributed by atoms with van der Waals surface area (Å²) < 4.78 is 10.2. The first-order valence-corrected chi connectivity index (χ1v) is 13.4. The van der Waals surface area contributed by atoms with Crippen molar-refractivity contribution in [1.29, 1.82) is 0 Å². The molecule has 0 radical (unpaired) electrons. The van der Waals surface area contributed by atoms with Crippen LogP contribution < -0.4 is 4.90 Å². The number of hydrogen-bond acceptors (Lipinski definition) is 8. The molecule has 4 aromatic carbocycles. The number of carbonyl (C=O) groups is 6. The maximum atomic E-state index is 13.2. The number of ether oxygens (including phenoxy) is 2. The average molecular weight is 616 g/mol. The Labute approximate surface area is 254 Å². The summed E-state index contributed by atoms with van der Waals surface area (Å²) in [5.74, 6) is -3.95. The third kappa shape index (κ3) is 6.08. The molecule has 4 aromatic rings. The van der Waals surface area contributed by atoms with E-state index in [2.05, 4.69) is 0 Å². The minimum Gasteiger partial charge on any atom is -0.454 e. The highest BCUT2D eigenvalue weighted by molar-refractivity contribution is 6.35. The third-order valence-electron chi connectivity index (χ3n) is 6.50. The zero-order chi connectivity index (χ0) is 30.7. The topological polar surface area (TPSA) is 124 Å². The summed E-state index contributed by atoms with van der Waals surface area (Å²) in [5.41, 5.74) is 0.687. The number of benzene rings is 4. The lowest BCUT2D eigenvalue weighted by molar-refractivity contribution is 0.0472. The quantitative estimate of drug-likeness (QED) is 0.130. The molecule has 0 atom stereocenters. The standard InChI is InChI=1S/C32H19Cl2NO8/c33-25-7-3-1-5-22(25)27(36)16-42-31(40)18-9-12-20(13-10-18)35-29(38)21-14-11-19(15-24(21)30(35)39)32(41)43-17-28(37)23-6-2-4-8-26(23)34/h1-15H,16-17H2. The molecule has 1 aliphatic heterocycles. The molecule has 5 rings (SSSR count). The van der Waals surface area contributed by atoms with Gasteiger partial charge >= 0.3 is 11.9 Å². The lowest BCUT2D eigenvalue weighted by Crippen LogP contribution is -2.29. The first kappa shape index (κ1) is 29.4. The number of anilines is 1. The van der Waals surface area contributed by atoms with Crippen LogP contribution in [-0.4, -0.2) is 48.5 Å². The molecule has 0 saturated heterocycles. The minimum absolute atomic E-state index is 0.0292. The summed E-state index contributed by atoms with van der Waals surface area (Å²) >= 11 is 12.0. The van der Waals surface area contributed by atoms with Crippen molar-refractivity contribution >= 4 is 64.2 Å². The number of nitrogens with zero attached hydrogens (tertiary/aromatic N) is 1. The van der Waals surface area contributed by atoms with Gasteiger partial charge in [0.1, 0.15) is 0 Å². The third-order valence-corrected chi connectivity index (χ3v) is 7.16. The van der Waals surface area contributed by atoms with E-state index in [4.69, 9.17) is 32.7 Å². The molecule has 214 valence electrons. The van der Waals surface area contributed by atoms with Crippen molar-refractivity contribution in [2.45, 2.75) is 0 Å². The van der Waals surface area contributed by atoms with Crippen LogP contribution in [0.1, 0.15) is 62.1 Å². The predicted octanol–water partition coefficient (Wildman–Crippen LogP) is 5.87. The van der Waals surface area contributed by atoms with E-state index >= 15 is 0 Å². The molecule has 0 aliphatic carbocycles. The van der Waals surface area contributed by atoms with Gasteiger partial charge in [0.15, 0.2) is 13.2 Å². The van der Waals surface area contributed by atoms with E-state index in [0.717, 1.165) is 4.90 Å². The maximum Gasteiger partial charge on any atom is 0.338 e.